The Labute approximate surface area is 93.8 Å². The van der Waals surface area contributed by atoms with Crippen LogP contribution in [-0.4, -0.2) is 25.3 Å². The van der Waals surface area contributed by atoms with E-state index in [1.54, 1.807) is 0 Å². The number of hydrogen-bond donors (Lipinski definition) is 1. The van der Waals surface area contributed by atoms with Gasteiger partial charge in [0.2, 0.25) is 0 Å². The zero-order chi connectivity index (χ0) is 10.9. The van der Waals surface area contributed by atoms with Crippen molar-refractivity contribution in [3.8, 4) is 12.3 Å². The molecule has 0 aromatic carbocycles. The largest absolute Gasteiger partial charge is 0.378 e. The predicted octanol–water partition coefficient (Wildman–Crippen LogP) is 2.34. The summed E-state index contributed by atoms with van der Waals surface area (Å²) >= 11 is 0. The molecule has 1 fully saturated rings. The summed E-state index contributed by atoms with van der Waals surface area (Å²) in [5.41, 5.74) is 0. The van der Waals surface area contributed by atoms with Crippen LogP contribution in [0.1, 0.15) is 45.4 Å². The van der Waals surface area contributed by atoms with Crippen LogP contribution in [0.2, 0.25) is 0 Å². The maximum Gasteiger partial charge on any atom is 0.0590 e. The summed E-state index contributed by atoms with van der Waals surface area (Å²) in [7, 11) is 0. The Kier molecular flexibility index (Phi) is 6.47. The lowest BCUT2D eigenvalue weighted by molar-refractivity contribution is 0.0938. The first-order valence-corrected chi connectivity index (χ1v) is 6.15. The molecule has 0 bridgehead atoms. The second kappa shape index (κ2) is 7.73. The van der Waals surface area contributed by atoms with Gasteiger partial charge in [0.25, 0.3) is 0 Å². The summed E-state index contributed by atoms with van der Waals surface area (Å²) in [4.78, 5) is 0. The molecule has 2 heteroatoms. The van der Waals surface area contributed by atoms with E-state index in [1.807, 2.05) is 0 Å². The van der Waals surface area contributed by atoms with Gasteiger partial charge in [-0.1, -0.05) is 6.92 Å². The summed E-state index contributed by atoms with van der Waals surface area (Å²) in [5.74, 6) is 2.72. The first-order valence-electron chi connectivity index (χ1n) is 6.15. The highest BCUT2D eigenvalue weighted by Crippen LogP contribution is 2.18. The van der Waals surface area contributed by atoms with E-state index >= 15 is 0 Å². The second-order valence-corrected chi connectivity index (χ2v) is 4.26. The fraction of sp³-hybridized carbons (Fsp3) is 0.846. The first-order chi connectivity index (χ1) is 7.36. The quantitative estimate of drug-likeness (QED) is 0.650. The molecule has 0 saturated carbocycles. The van der Waals surface area contributed by atoms with Crippen molar-refractivity contribution in [1.82, 2.24) is 5.32 Å². The van der Waals surface area contributed by atoms with Crippen molar-refractivity contribution in [2.75, 3.05) is 13.2 Å². The highest BCUT2D eigenvalue weighted by atomic mass is 16.5. The monoisotopic (exact) mass is 209 g/mol. The normalized spacial score (nSPS) is 22.5. The average molecular weight is 209 g/mol. The minimum atomic E-state index is 0.470. The fourth-order valence-electron chi connectivity index (χ4n) is 2.06. The van der Waals surface area contributed by atoms with Crippen molar-refractivity contribution >= 4 is 0 Å². The molecule has 1 N–H and O–H groups in total. The van der Waals surface area contributed by atoms with Gasteiger partial charge < -0.3 is 10.1 Å². The Bertz CT molecular complexity index is 191. The molecule has 0 aliphatic carbocycles. The number of terminal acetylenes is 1. The molecule has 2 atom stereocenters. The zero-order valence-corrected chi connectivity index (χ0v) is 9.80. The molecule has 0 aromatic heterocycles. The van der Waals surface area contributed by atoms with E-state index < -0.39 is 0 Å². The minimum Gasteiger partial charge on any atom is -0.378 e. The van der Waals surface area contributed by atoms with Crippen LogP contribution in [0.25, 0.3) is 0 Å². The molecule has 0 spiro atoms. The van der Waals surface area contributed by atoms with Crippen LogP contribution in [-0.2, 0) is 4.74 Å². The zero-order valence-electron chi connectivity index (χ0n) is 9.80. The van der Waals surface area contributed by atoms with Crippen LogP contribution in [0.5, 0.6) is 0 Å². The SMILES string of the molecule is C#CCCC(CC1CCCO1)NCCC. The molecule has 0 radical (unpaired) electrons. The third-order valence-electron chi connectivity index (χ3n) is 2.89. The second-order valence-electron chi connectivity index (χ2n) is 4.26. The summed E-state index contributed by atoms with van der Waals surface area (Å²) < 4.78 is 5.65. The van der Waals surface area contributed by atoms with E-state index in [0.717, 1.165) is 32.4 Å². The van der Waals surface area contributed by atoms with Crippen molar-refractivity contribution < 1.29 is 4.74 Å². The van der Waals surface area contributed by atoms with Crippen LogP contribution in [0, 0.1) is 12.3 Å². The van der Waals surface area contributed by atoms with Gasteiger partial charge in [0.15, 0.2) is 0 Å². The van der Waals surface area contributed by atoms with Crippen LogP contribution >= 0.6 is 0 Å². The molecule has 1 saturated heterocycles. The van der Waals surface area contributed by atoms with Gasteiger partial charge in [-0.3, -0.25) is 0 Å². The van der Waals surface area contributed by atoms with Crippen molar-refractivity contribution in [3.63, 3.8) is 0 Å². The summed E-state index contributed by atoms with van der Waals surface area (Å²) in [5, 5.41) is 3.56. The van der Waals surface area contributed by atoms with E-state index in [0.29, 0.717) is 12.1 Å². The highest BCUT2D eigenvalue weighted by Gasteiger charge is 2.19. The first kappa shape index (κ1) is 12.5. The highest BCUT2D eigenvalue weighted by molar-refractivity contribution is 4.86. The molecule has 0 amide bonds. The van der Waals surface area contributed by atoms with Crippen molar-refractivity contribution in [1.29, 1.82) is 0 Å². The van der Waals surface area contributed by atoms with E-state index in [1.165, 1.54) is 19.3 Å². The molecule has 1 aliphatic rings. The smallest absolute Gasteiger partial charge is 0.0590 e. The average Bonchev–Trinajstić information content (AvgIpc) is 2.74. The third kappa shape index (κ3) is 5.20. The van der Waals surface area contributed by atoms with Gasteiger partial charge in [-0.15, -0.1) is 12.3 Å². The maximum atomic E-state index is 5.65. The standard InChI is InChI=1S/C13H23NO/c1-3-5-7-12(14-9-4-2)11-13-8-6-10-15-13/h1,12-14H,4-11H2,2H3. The van der Waals surface area contributed by atoms with E-state index in [4.69, 9.17) is 11.2 Å². The van der Waals surface area contributed by atoms with Crippen LogP contribution in [0.15, 0.2) is 0 Å². The van der Waals surface area contributed by atoms with Gasteiger partial charge >= 0.3 is 0 Å². The Morgan fingerprint density at radius 3 is 3.07 bits per heavy atom. The molecule has 0 aromatic rings. The number of hydrogen-bond acceptors (Lipinski definition) is 2. The molecule has 1 heterocycles. The van der Waals surface area contributed by atoms with Gasteiger partial charge in [-0.05, 0) is 38.6 Å². The maximum absolute atomic E-state index is 5.65. The van der Waals surface area contributed by atoms with Gasteiger partial charge in [0.1, 0.15) is 0 Å². The molecule has 15 heavy (non-hydrogen) atoms. The molecule has 2 nitrogen and oxygen atoms in total. The molecular formula is C13H23NO. The van der Waals surface area contributed by atoms with E-state index in [2.05, 4.69) is 18.2 Å². The predicted molar refractivity (Wildman–Crippen MR) is 63.7 cm³/mol. The molecular weight excluding hydrogens is 186 g/mol. The molecule has 1 rings (SSSR count). The third-order valence-corrected chi connectivity index (χ3v) is 2.89. The summed E-state index contributed by atoms with van der Waals surface area (Å²) in [6, 6.07) is 0.545. The lowest BCUT2D eigenvalue weighted by Gasteiger charge is -2.20. The van der Waals surface area contributed by atoms with Crippen molar-refractivity contribution in [3.05, 3.63) is 0 Å². The molecule has 1 aliphatic heterocycles. The van der Waals surface area contributed by atoms with Crippen molar-refractivity contribution in [2.45, 2.75) is 57.6 Å². The summed E-state index contributed by atoms with van der Waals surface area (Å²) in [6.07, 6.45) is 12.5. The van der Waals surface area contributed by atoms with Gasteiger partial charge in [0, 0.05) is 19.1 Å². The fourth-order valence-corrected chi connectivity index (χ4v) is 2.06. The number of nitrogens with one attached hydrogen (secondary N) is 1. The van der Waals surface area contributed by atoms with E-state index in [-0.39, 0.29) is 0 Å². The van der Waals surface area contributed by atoms with Gasteiger partial charge in [-0.25, -0.2) is 0 Å². The molecule has 86 valence electrons. The lowest BCUT2D eigenvalue weighted by Crippen LogP contribution is -2.33. The molecule has 2 unspecified atom stereocenters. The topological polar surface area (TPSA) is 21.3 Å². The van der Waals surface area contributed by atoms with Crippen LogP contribution in [0.3, 0.4) is 0 Å². The number of rotatable bonds is 7. The Balaban J connectivity index is 2.23. The Hall–Kier alpha value is -0.520. The summed E-state index contributed by atoms with van der Waals surface area (Å²) in [6.45, 7) is 4.22. The van der Waals surface area contributed by atoms with Crippen LogP contribution in [0.4, 0.5) is 0 Å². The Morgan fingerprint density at radius 1 is 1.60 bits per heavy atom. The number of ether oxygens (including phenoxy) is 1. The van der Waals surface area contributed by atoms with Gasteiger partial charge in [-0.2, -0.15) is 0 Å². The Morgan fingerprint density at radius 2 is 2.47 bits per heavy atom. The van der Waals surface area contributed by atoms with E-state index in [9.17, 15) is 0 Å². The lowest BCUT2D eigenvalue weighted by atomic mass is 10.0. The van der Waals surface area contributed by atoms with Gasteiger partial charge in [0.05, 0.1) is 6.10 Å². The van der Waals surface area contributed by atoms with Crippen LogP contribution < -0.4 is 5.32 Å². The van der Waals surface area contributed by atoms with Crippen molar-refractivity contribution in [2.24, 2.45) is 0 Å². The minimum absolute atomic E-state index is 0.470.